The van der Waals surface area contributed by atoms with Crippen molar-refractivity contribution >= 4 is 17.1 Å². The lowest BCUT2D eigenvalue weighted by Crippen LogP contribution is -2.41. The Balaban J connectivity index is 1.91. The fraction of sp³-hybridized carbons (Fsp3) is 0.667. The van der Waals surface area contributed by atoms with Gasteiger partial charge in [0.05, 0.1) is 11.4 Å². The van der Waals surface area contributed by atoms with E-state index in [0.29, 0.717) is 18.2 Å². The number of carbonyl (C=O) groups is 1. The highest BCUT2D eigenvalue weighted by atomic mass is 32.1. The number of nitrogens with zero attached hydrogens (tertiary/aromatic N) is 1. The normalized spacial score (nSPS) is 25.3. The molecule has 0 bridgehead atoms. The zero-order chi connectivity index (χ0) is 13.1. The first-order valence-corrected chi connectivity index (χ1v) is 7.76. The van der Waals surface area contributed by atoms with Gasteiger partial charge in [0.25, 0.3) is 0 Å². The highest BCUT2D eigenvalue weighted by molar-refractivity contribution is 7.14. The number of ketones is 1. The molecule has 2 unspecified atom stereocenters. The molecular weight excluding hydrogens is 242 g/mol. The Hall–Kier alpha value is -0.670. The van der Waals surface area contributed by atoms with Crippen LogP contribution < -0.4 is 0 Å². The molecule has 0 spiro atoms. The highest BCUT2D eigenvalue weighted by Gasteiger charge is 2.24. The summed E-state index contributed by atoms with van der Waals surface area (Å²) in [5.74, 6) is 1.80. The van der Waals surface area contributed by atoms with Crippen molar-refractivity contribution in [2.75, 3.05) is 19.6 Å². The van der Waals surface area contributed by atoms with Gasteiger partial charge in [-0.05, 0) is 43.4 Å². The van der Waals surface area contributed by atoms with E-state index in [-0.39, 0.29) is 0 Å². The number of hydrogen-bond acceptors (Lipinski definition) is 3. The van der Waals surface area contributed by atoms with Crippen molar-refractivity contribution in [1.29, 1.82) is 0 Å². The minimum absolute atomic E-state index is 0.293. The molecule has 0 N–H and O–H groups in total. The first kappa shape index (κ1) is 13.8. The fourth-order valence-corrected chi connectivity index (χ4v) is 3.37. The predicted molar refractivity (Wildman–Crippen MR) is 77.4 cm³/mol. The van der Waals surface area contributed by atoms with Crippen LogP contribution in [0.1, 0.15) is 41.7 Å². The maximum atomic E-state index is 12.2. The Morgan fingerprint density at radius 3 is 2.78 bits per heavy atom. The summed E-state index contributed by atoms with van der Waals surface area (Å²) in [5.41, 5.74) is 0. The van der Waals surface area contributed by atoms with Gasteiger partial charge < -0.3 is 0 Å². The van der Waals surface area contributed by atoms with Crippen LogP contribution in [0.25, 0.3) is 0 Å². The second kappa shape index (κ2) is 5.98. The largest absolute Gasteiger partial charge is 0.295 e. The maximum absolute atomic E-state index is 12.2. The van der Waals surface area contributed by atoms with Crippen molar-refractivity contribution in [2.24, 2.45) is 11.8 Å². The molecule has 1 saturated heterocycles. The summed E-state index contributed by atoms with van der Waals surface area (Å²) in [6.45, 7) is 9.48. The van der Waals surface area contributed by atoms with Gasteiger partial charge >= 0.3 is 0 Å². The van der Waals surface area contributed by atoms with E-state index in [2.05, 4.69) is 31.7 Å². The number of rotatable bonds is 4. The average molecular weight is 265 g/mol. The van der Waals surface area contributed by atoms with E-state index in [1.807, 2.05) is 6.07 Å². The predicted octanol–water partition coefficient (Wildman–Crippen LogP) is 3.47. The van der Waals surface area contributed by atoms with Gasteiger partial charge in [-0.3, -0.25) is 9.69 Å². The maximum Gasteiger partial charge on any atom is 0.186 e. The van der Waals surface area contributed by atoms with Gasteiger partial charge in [-0.2, -0.15) is 0 Å². The highest BCUT2D eigenvalue weighted by Crippen LogP contribution is 2.23. The van der Waals surface area contributed by atoms with E-state index in [1.54, 1.807) is 11.3 Å². The average Bonchev–Trinajstić information content (AvgIpc) is 2.82. The van der Waals surface area contributed by atoms with Gasteiger partial charge in [0.1, 0.15) is 0 Å². The lowest BCUT2D eigenvalue weighted by molar-refractivity contribution is 0.0853. The number of thiophene rings is 1. The molecule has 0 saturated carbocycles. The van der Waals surface area contributed by atoms with Crippen LogP contribution in [0.4, 0.5) is 0 Å². The van der Waals surface area contributed by atoms with Crippen LogP contribution in [0.2, 0.25) is 0 Å². The molecule has 2 nitrogen and oxygen atoms in total. The third kappa shape index (κ3) is 3.21. The topological polar surface area (TPSA) is 20.3 Å². The van der Waals surface area contributed by atoms with Gasteiger partial charge in [-0.25, -0.2) is 0 Å². The Labute approximate surface area is 114 Å². The summed E-state index contributed by atoms with van der Waals surface area (Å²) in [4.78, 5) is 16.8. The molecule has 1 aromatic rings. The number of likely N-dealkylation sites (tertiary alicyclic amines) is 1. The van der Waals surface area contributed by atoms with Crippen LogP contribution in [0.3, 0.4) is 0 Å². The second-order valence-corrected chi connectivity index (χ2v) is 6.69. The van der Waals surface area contributed by atoms with Gasteiger partial charge in [0.2, 0.25) is 0 Å². The summed E-state index contributed by atoms with van der Waals surface area (Å²) in [6, 6.07) is 4.07. The van der Waals surface area contributed by atoms with Crippen molar-refractivity contribution in [2.45, 2.75) is 33.6 Å². The number of piperidine rings is 1. The standard InChI is InChI=1S/C15H23NOS/c1-4-13-5-6-15(18-13)14(17)10-16-8-7-11(2)12(3)9-16/h5-6,11-12H,4,7-10H2,1-3H3. The van der Waals surface area contributed by atoms with Crippen LogP contribution in [-0.4, -0.2) is 30.3 Å². The summed E-state index contributed by atoms with van der Waals surface area (Å²) in [6.07, 6.45) is 2.25. The Morgan fingerprint density at radius 1 is 1.39 bits per heavy atom. The van der Waals surface area contributed by atoms with Gasteiger partial charge in [0.15, 0.2) is 5.78 Å². The molecule has 100 valence electrons. The van der Waals surface area contributed by atoms with E-state index in [9.17, 15) is 4.79 Å². The fourth-order valence-electron chi connectivity index (χ4n) is 2.49. The molecule has 0 amide bonds. The molecule has 1 aliphatic rings. The molecule has 1 aliphatic heterocycles. The van der Waals surface area contributed by atoms with E-state index < -0.39 is 0 Å². The minimum Gasteiger partial charge on any atom is -0.295 e. The first-order chi connectivity index (χ1) is 8.60. The molecular formula is C15H23NOS. The van der Waals surface area contributed by atoms with Crippen LogP contribution in [-0.2, 0) is 6.42 Å². The Morgan fingerprint density at radius 2 is 2.17 bits per heavy atom. The Kier molecular flexibility index (Phi) is 4.57. The molecule has 1 fully saturated rings. The Bertz CT molecular complexity index is 412. The van der Waals surface area contributed by atoms with Gasteiger partial charge in [-0.15, -0.1) is 11.3 Å². The lowest BCUT2D eigenvalue weighted by Gasteiger charge is -2.34. The van der Waals surface area contributed by atoms with Crippen LogP contribution >= 0.6 is 11.3 Å². The van der Waals surface area contributed by atoms with Crippen LogP contribution in [0.15, 0.2) is 12.1 Å². The molecule has 1 aromatic heterocycles. The summed E-state index contributed by atoms with van der Waals surface area (Å²) < 4.78 is 0. The summed E-state index contributed by atoms with van der Waals surface area (Å²) in [5, 5.41) is 0. The first-order valence-electron chi connectivity index (χ1n) is 6.94. The SMILES string of the molecule is CCc1ccc(C(=O)CN2CCC(C)C(C)C2)s1. The quantitative estimate of drug-likeness (QED) is 0.777. The minimum atomic E-state index is 0.293. The van der Waals surface area contributed by atoms with E-state index in [4.69, 9.17) is 0 Å². The van der Waals surface area contributed by atoms with Crippen LogP contribution in [0.5, 0.6) is 0 Å². The molecule has 0 aromatic carbocycles. The molecule has 0 radical (unpaired) electrons. The van der Waals surface area contributed by atoms with Crippen molar-refractivity contribution in [3.63, 3.8) is 0 Å². The van der Waals surface area contributed by atoms with Crippen LogP contribution in [0, 0.1) is 11.8 Å². The van der Waals surface area contributed by atoms with Crippen molar-refractivity contribution in [3.05, 3.63) is 21.9 Å². The lowest BCUT2D eigenvalue weighted by atomic mass is 9.88. The summed E-state index contributed by atoms with van der Waals surface area (Å²) in [7, 11) is 0. The zero-order valence-electron chi connectivity index (χ0n) is 11.6. The monoisotopic (exact) mass is 265 g/mol. The smallest absolute Gasteiger partial charge is 0.186 e. The molecule has 3 heteroatoms. The van der Waals surface area contributed by atoms with E-state index >= 15 is 0 Å². The van der Waals surface area contributed by atoms with Crippen molar-refractivity contribution in [3.8, 4) is 0 Å². The molecule has 18 heavy (non-hydrogen) atoms. The van der Waals surface area contributed by atoms with Gasteiger partial charge in [-0.1, -0.05) is 20.8 Å². The molecule has 0 aliphatic carbocycles. The molecule has 2 atom stereocenters. The van der Waals surface area contributed by atoms with Crippen molar-refractivity contribution in [1.82, 2.24) is 4.90 Å². The molecule has 2 heterocycles. The van der Waals surface area contributed by atoms with Crippen molar-refractivity contribution < 1.29 is 4.79 Å². The number of carbonyl (C=O) groups excluding carboxylic acids is 1. The third-order valence-corrected chi connectivity index (χ3v) is 5.34. The third-order valence-electron chi connectivity index (χ3n) is 4.07. The number of aryl methyl sites for hydroxylation is 1. The second-order valence-electron chi connectivity index (χ2n) is 5.52. The van der Waals surface area contributed by atoms with Gasteiger partial charge in [0, 0.05) is 11.4 Å². The molecule has 2 rings (SSSR count). The van der Waals surface area contributed by atoms with E-state index in [1.165, 1.54) is 11.3 Å². The zero-order valence-corrected chi connectivity index (χ0v) is 12.4. The van der Waals surface area contributed by atoms with E-state index in [0.717, 1.165) is 30.3 Å². The number of hydrogen-bond donors (Lipinski definition) is 0. The number of Topliss-reactive ketones (excluding diaryl/α,β-unsaturated/α-hetero) is 1. The summed E-state index contributed by atoms with van der Waals surface area (Å²) >= 11 is 1.65.